The van der Waals surface area contributed by atoms with Crippen molar-refractivity contribution < 1.29 is 18.8 Å². The summed E-state index contributed by atoms with van der Waals surface area (Å²) in [5.74, 6) is 0.416. The maximum absolute atomic E-state index is 13.1. The fraction of sp³-hybridized carbons (Fsp3) is 0.238. The van der Waals surface area contributed by atoms with E-state index in [-0.39, 0.29) is 12.4 Å². The van der Waals surface area contributed by atoms with Crippen LogP contribution in [0.3, 0.4) is 0 Å². The van der Waals surface area contributed by atoms with Gasteiger partial charge >= 0.3 is 0 Å². The lowest BCUT2D eigenvalue weighted by molar-refractivity contribution is -0.123. The van der Waals surface area contributed by atoms with Gasteiger partial charge in [0.05, 0.1) is 12.8 Å². The Kier molecular flexibility index (Phi) is 4.46. The summed E-state index contributed by atoms with van der Waals surface area (Å²) in [5.41, 5.74) is 2.37. The van der Waals surface area contributed by atoms with E-state index in [9.17, 15) is 9.59 Å². The van der Waals surface area contributed by atoms with Crippen molar-refractivity contribution in [1.29, 1.82) is 0 Å². The molecule has 10 nitrogen and oxygen atoms in total. The Morgan fingerprint density at radius 2 is 1.90 bits per heavy atom. The van der Waals surface area contributed by atoms with Crippen LogP contribution < -0.4 is 9.64 Å². The van der Waals surface area contributed by atoms with E-state index in [4.69, 9.17) is 9.26 Å². The Bertz CT molecular complexity index is 1190. The van der Waals surface area contributed by atoms with Gasteiger partial charge < -0.3 is 9.26 Å². The van der Waals surface area contributed by atoms with Crippen molar-refractivity contribution in [2.75, 3.05) is 12.0 Å². The predicted octanol–water partition coefficient (Wildman–Crippen LogP) is 2.55. The van der Waals surface area contributed by atoms with Gasteiger partial charge in [0.15, 0.2) is 12.1 Å². The molecule has 1 fully saturated rings. The highest BCUT2D eigenvalue weighted by Gasteiger charge is 2.55. The minimum atomic E-state index is -0.904. The van der Waals surface area contributed by atoms with Crippen molar-refractivity contribution in [1.82, 2.24) is 15.1 Å². The first-order valence-electron chi connectivity index (χ1n) is 9.64. The van der Waals surface area contributed by atoms with Crippen LogP contribution >= 0.6 is 0 Å². The van der Waals surface area contributed by atoms with Crippen LogP contribution in [0.2, 0.25) is 0 Å². The number of aromatic nitrogens is 2. The minimum absolute atomic E-state index is 0.0640. The zero-order valence-electron chi connectivity index (χ0n) is 16.8. The molecular weight excluding hydrogens is 400 g/mol. The normalized spacial score (nSPS) is 19.9. The first kappa shape index (κ1) is 18.9. The molecule has 31 heavy (non-hydrogen) atoms. The molecule has 0 radical (unpaired) electrons. The first-order valence-corrected chi connectivity index (χ1v) is 9.64. The summed E-state index contributed by atoms with van der Waals surface area (Å²) in [6.07, 6.45) is 0. The highest BCUT2D eigenvalue weighted by molar-refractivity contribution is 6.25. The van der Waals surface area contributed by atoms with E-state index in [1.54, 1.807) is 24.3 Å². The summed E-state index contributed by atoms with van der Waals surface area (Å²) in [6.45, 7) is 2.06. The molecule has 10 heteroatoms. The van der Waals surface area contributed by atoms with E-state index < -0.39 is 23.9 Å². The number of carbonyl (C=O) groups is 2. The summed E-state index contributed by atoms with van der Waals surface area (Å²) in [5, 5.41) is 13.4. The number of nitrogens with zero attached hydrogens (tertiary/aromatic N) is 6. The van der Waals surface area contributed by atoms with Gasteiger partial charge in [-0.25, -0.2) is 4.90 Å². The summed E-state index contributed by atoms with van der Waals surface area (Å²) >= 11 is 0. The molecule has 2 atom stereocenters. The molecule has 0 saturated carbocycles. The lowest BCUT2D eigenvalue weighted by atomic mass is 10.1. The summed E-state index contributed by atoms with van der Waals surface area (Å²) < 4.78 is 10.5. The van der Waals surface area contributed by atoms with Gasteiger partial charge in [-0.05, 0) is 19.1 Å². The second-order valence-electron chi connectivity index (χ2n) is 7.28. The standard InChI is InChI=1S/C21H18N6O4/c1-12-6-8-13(9-7-12)19-22-16(31-24-19)11-26-18-17(23-25-26)20(28)27(21(18)29)14-4-3-5-15(10-14)30-2/h3-10,17-18H,11H2,1-2H3. The van der Waals surface area contributed by atoms with Gasteiger partial charge in [0.25, 0.3) is 11.8 Å². The van der Waals surface area contributed by atoms with Crippen molar-refractivity contribution in [3.63, 3.8) is 0 Å². The Morgan fingerprint density at radius 3 is 2.68 bits per heavy atom. The zero-order chi connectivity index (χ0) is 21.5. The van der Waals surface area contributed by atoms with Crippen LogP contribution in [0, 0.1) is 6.92 Å². The number of ether oxygens (including phenoxy) is 1. The maximum atomic E-state index is 13.1. The SMILES string of the molecule is COc1cccc(N2C(=O)C3N=NN(Cc4nc(-c5ccc(C)cc5)no4)C3C2=O)c1. The van der Waals surface area contributed by atoms with E-state index in [1.165, 1.54) is 12.1 Å². The van der Waals surface area contributed by atoms with E-state index in [0.717, 1.165) is 16.0 Å². The number of carbonyl (C=O) groups excluding carboxylic acids is 2. The number of amides is 2. The van der Waals surface area contributed by atoms with Crippen LogP contribution in [0.1, 0.15) is 11.5 Å². The summed E-state index contributed by atoms with van der Waals surface area (Å²) in [7, 11) is 1.52. The molecular formula is C21H18N6O4. The summed E-state index contributed by atoms with van der Waals surface area (Å²) in [4.78, 5) is 31.4. The molecule has 2 aliphatic heterocycles. The van der Waals surface area contributed by atoms with E-state index >= 15 is 0 Å². The molecule has 156 valence electrons. The van der Waals surface area contributed by atoms with Crippen molar-refractivity contribution in [3.8, 4) is 17.1 Å². The molecule has 0 aliphatic carbocycles. The first-order chi connectivity index (χ1) is 15.0. The number of hydrogen-bond donors (Lipinski definition) is 0. The van der Waals surface area contributed by atoms with E-state index in [0.29, 0.717) is 17.3 Å². The molecule has 5 rings (SSSR count). The lowest BCUT2D eigenvalue weighted by Crippen LogP contribution is -2.39. The number of anilines is 1. The fourth-order valence-electron chi connectivity index (χ4n) is 3.64. The minimum Gasteiger partial charge on any atom is -0.497 e. The zero-order valence-corrected chi connectivity index (χ0v) is 16.8. The fourth-order valence-corrected chi connectivity index (χ4v) is 3.64. The molecule has 3 heterocycles. The second-order valence-corrected chi connectivity index (χ2v) is 7.28. The Hall–Kier alpha value is -4.08. The predicted molar refractivity (Wildman–Crippen MR) is 108 cm³/mol. The number of aryl methyl sites for hydroxylation is 1. The highest BCUT2D eigenvalue weighted by Crippen LogP contribution is 2.34. The van der Waals surface area contributed by atoms with Crippen molar-refractivity contribution in [3.05, 3.63) is 60.0 Å². The monoisotopic (exact) mass is 418 g/mol. The third-order valence-corrected chi connectivity index (χ3v) is 5.24. The average molecular weight is 418 g/mol. The Balaban J connectivity index is 1.36. The van der Waals surface area contributed by atoms with Gasteiger partial charge in [-0.15, -0.1) is 0 Å². The number of methoxy groups -OCH3 is 1. The number of fused-ring (bicyclic) bond motifs is 1. The molecule has 1 saturated heterocycles. The molecule has 2 aromatic carbocycles. The van der Waals surface area contributed by atoms with E-state index in [2.05, 4.69) is 20.5 Å². The van der Waals surface area contributed by atoms with Gasteiger partial charge in [-0.1, -0.05) is 46.3 Å². The Labute approximate surface area is 177 Å². The average Bonchev–Trinajstić information content (AvgIpc) is 3.47. The molecule has 2 aliphatic rings. The number of hydrogen-bond acceptors (Lipinski definition) is 9. The summed E-state index contributed by atoms with van der Waals surface area (Å²) in [6, 6.07) is 12.7. The van der Waals surface area contributed by atoms with Crippen LogP contribution in [-0.2, 0) is 16.1 Å². The third-order valence-electron chi connectivity index (χ3n) is 5.24. The molecule has 0 N–H and O–H groups in total. The van der Waals surface area contributed by atoms with Crippen LogP contribution in [0.5, 0.6) is 5.75 Å². The third kappa shape index (κ3) is 3.21. The van der Waals surface area contributed by atoms with Crippen LogP contribution in [0.4, 0.5) is 5.69 Å². The van der Waals surface area contributed by atoms with E-state index in [1.807, 2.05) is 31.2 Å². The smallest absolute Gasteiger partial charge is 0.263 e. The topological polar surface area (TPSA) is 113 Å². The van der Waals surface area contributed by atoms with Crippen LogP contribution in [0.15, 0.2) is 63.4 Å². The van der Waals surface area contributed by atoms with Crippen molar-refractivity contribution in [2.45, 2.75) is 25.6 Å². The molecule has 2 amide bonds. The molecule has 0 spiro atoms. The van der Waals surface area contributed by atoms with Gasteiger partial charge in [0, 0.05) is 11.6 Å². The second kappa shape index (κ2) is 7.31. The largest absolute Gasteiger partial charge is 0.497 e. The lowest BCUT2D eigenvalue weighted by Gasteiger charge is -2.19. The molecule has 3 aromatic rings. The van der Waals surface area contributed by atoms with Crippen molar-refractivity contribution in [2.24, 2.45) is 10.3 Å². The van der Waals surface area contributed by atoms with Gasteiger partial charge in [0.1, 0.15) is 12.3 Å². The molecule has 2 unspecified atom stereocenters. The number of imide groups is 1. The van der Waals surface area contributed by atoms with Gasteiger partial charge in [0.2, 0.25) is 11.7 Å². The maximum Gasteiger partial charge on any atom is 0.263 e. The quantitative estimate of drug-likeness (QED) is 0.585. The molecule has 1 aromatic heterocycles. The van der Waals surface area contributed by atoms with Crippen LogP contribution in [0.25, 0.3) is 11.4 Å². The van der Waals surface area contributed by atoms with Crippen molar-refractivity contribution >= 4 is 17.5 Å². The number of benzene rings is 2. The number of rotatable bonds is 5. The Morgan fingerprint density at radius 1 is 1.10 bits per heavy atom. The van der Waals surface area contributed by atoms with Gasteiger partial charge in [-0.2, -0.15) is 10.1 Å². The van der Waals surface area contributed by atoms with Gasteiger partial charge in [-0.3, -0.25) is 14.6 Å². The highest BCUT2D eigenvalue weighted by atomic mass is 16.5. The molecule has 0 bridgehead atoms. The van der Waals surface area contributed by atoms with Crippen LogP contribution in [-0.4, -0.2) is 46.2 Å².